The van der Waals surface area contributed by atoms with Gasteiger partial charge in [-0.25, -0.2) is 0 Å². The fraction of sp³-hybridized carbons (Fsp3) is 0.294. The summed E-state index contributed by atoms with van der Waals surface area (Å²) in [6, 6.07) is 16.7. The Morgan fingerprint density at radius 3 is 2.16 bits per heavy atom. The molecule has 0 unspecified atom stereocenters. The molecule has 0 bridgehead atoms. The van der Waals surface area contributed by atoms with Crippen LogP contribution in [0.5, 0.6) is 5.75 Å². The summed E-state index contributed by atoms with van der Waals surface area (Å²) >= 11 is 0. The van der Waals surface area contributed by atoms with Crippen molar-refractivity contribution >= 4 is 0 Å². The number of aryl methyl sites for hydroxylation is 1. The van der Waals surface area contributed by atoms with Crippen molar-refractivity contribution in [1.29, 1.82) is 0 Å². The molecule has 0 saturated carbocycles. The molecule has 0 amide bonds. The molecule has 100 valence electrons. The lowest BCUT2D eigenvalue weighted by molar-refractivity contribution is 0.309. The summed E-state index contributed by atoms with van der Waals surface area (Å²) in [6.07, 6.45) is 0. The van der Waals surface area contributed by atoms with E-state index in [0.717, 1.165) is 18.8 Å². The molecule has 0 spiro atoms. The van der Waals surface area contributed by atoms with E-state index in [-0.39, 0.29) is 0 Å². The topological polar surface area (TPSA) is 12.5 Å². The maximum absolute atomic E-state index is 5.39. The summed E-state index contributed by atoms with van der Waals surface area (Å²) in [5.41, 5.74) is 3.94. The Labute approximate surface area is 115 Å². The Morgan fingerprint density at radius 2 is 1.47 bits per heavy atom. The normalized spacial score (nSPS) is 10.7. The second-order valence-electron chi connectivity index (χ2n) is 4.91. The molecular weight excluding hydrogens is 234 g/mol. The Kier molecular flexibility index (Phi) is 4.58. The van der Waals surface area contributed by atoms with Crippen LogP contribution in [0.2, 0.25) is 0 Å². The Bertz CT molecular complexity index is 536. The molecule has 0 aliphatic heterocycles. The van der Waals surface area contributed by atoms with E-state index in [0.29, 0.717) is 0 Å². The van der Waals surface area contributed by atoms with Crippen molar-refractivity contribution in [2.75, 3.05) is 14.2 Å². The minimum Gasteiger partial charge on any atom is -0.496 e. The number of para-hydroxylation sites is 1. The molecule has 0 heterocycles. The van der Waals surface area contributed by atoms with Gasteiger partial charge in [0.25, 0.3) is 0 Å². The van der Waals surface area contributed by atoms with Gasteiger partial charge in [0.1, 0.15) is 5.75 Å². The van der Waals surface area contributed by atoms with E-state index in [1.54, 1.807) is 7.11 Å². The highest BCUT2D eigenvalue weighted by Crippen LogP contribution is 2.20. The van der Waals surface area contributed by atoms with Crippen LogP contribution in [-0.2, 0) is 13.1 Å². The first-order valence-corrected chi connectivity index (χ1v) is 6.55. The Morgan fingerprint density at radius 1 is 0.895 bits per heavy atom. The summed E-state index contributed by atoms with van der Waals surface area (Å²) in [5.74, 6) is 0.958. The molecule has 0 aromatic heterocycles. The molecule has 0 saturated heterocycles. The quantitative estimate of drug-likeness (QED) is 0.809. The first-order chi connectivity index (χ1) is 9.20. The third-order valence-corrected chi connectivity index (χ3v) is 3.33. The lowest BCUT2D eigenvalue weighted by atomic mass is 10.1. The van der Waals surface area contributed by atoms with Crippen LogP contribution in [0.25, 0.3) is 0 Å². The van der Waals surface area contributed by atoms with Crippen LogP contribution in [0.1, 0.15) is 16.7 Å². The fourth-order valence-electron chi connectivity index (χ4n) is 2.26. The van der Waals surface area contributed by atoms with Gasteiger partial charge < -0.3 is 4.74 Å². The number of ether oxygens (including phenoxy) is 1. The number of rotatable bonds is 5. The average Bonchev–Trinajstić information content (AvgIpc) is 2.42. The van der Waals surface area contributed by atoms with Crippen LogP contribution in [0.4, 0.5) is 0 Å². The third-order valence-electron chi connectivity index (χ3n) is 3.33. The number of nitrogens with zero attached hydrogens (tertiary/aromatic N) is 1. The molecule has 2 aromatic rings. The molecule has 2 nitrogen and oxygen atoms in total. The third kappa shape index (κ3) is 3.58. The maximum Gasteiger partial charge on any atom is 0.123 e. The van der Waals surface area contributed by atoms with Crippen LogP contribution >= 0.6 is 0 Å². The van der Waals surface area contributed by atoms with Gasteiger partial charge in [0.05, 0.1) is 7.11 Å². The predicted molar refractivity (Wildman–Crippen MR) is 79.3 cm³/mol. The first-order valence-electron chi connectivity index (χ1n) is 6.55. The van der Waals surface area contributed by atoms with Gasteiger partial charge in [0, 0.05) is 18.7 Å². The molecule has 0 aliphatic carbocycles. The van der Waals surface area contributed by atoms with E-state index < -0.39 is 0 Å². The van der Waals surface area contributed by atoms with Crippen molar-refractivity contribution in [2.45, 2.75) is 20.0 Å². The van der Waals surface area contributed by atoms with Gasteiger partial charge in [-0.05, 0) is 31.2 Å². The van der Waals surface area contributed by atoms with Gasteiger partial charge >= 0.3 is 0 Å². The maximum atomic E-state index is 5.39. The highest BCUT2D eigenvalue weighted by atomic mass is 16.5. The van der Waals surface area contributed by atoms with Crippen LogP contribution in [0, 0.1) is 6.92 Å². The predicted octanol–water partition coefficient (Wildman–Crippen LogP) is 3.64. The summed E-state index contributed by atoms with van der Waals surface area (Å²) in [7, 11) is 3.86. The van der Waals surface area contributed by atoms with Crippen molar-refractivity contribution in [3.63, 3.8) is 0 Å². The molecule has 0 fully saturated rings. The van der Waals surface area contributed by atoms with E-state index in [1.807, 2.05) is 12.1 Å². The minimum absolute atomic E-state index is 0.887. The Hall–Kier alpha value is -1.80. The van der Waals surface area contributed by atoms with Gasteiger partial charge in [-0.1, -0.05) is 42.5 Å². The van der Waals surface area contributed by atoms with Gasteiger partial charge in [-0.2, -0.15) is 0 Å². The molecule has 19 heavy (non-hydrogen) atoms. The SMILES string of the molecule is COc1ccccc1CN(C)Cc1ccccc1C. The summed E-state index contributed by atoms with van der Waals surface area (Å²) < 4.78 is 5.39. The fourth-order valence-corrected chi connectivity index (χ4v) is 2.26. The lowest BCUT2D eigenvalue weighted by Crippen LogP contribution is -2.18. The largest absolute Gasteiger partial charge is 0.496 e. The van der Waals surface area contributed by atoms with Gasteiger partial charge in [-0.15, -0.1) is 0 Å². The van der Waals surface area contributed by atoms with E-state index >= 15 is 0 Å². The molecular formula is C17H21NO. The zero-order chi connectivity index (χ0) is 13.7. The zero-order valence-corrected chi connectivity index (χ0v) is 11.9. The smallest absolute Gasteiger partial charge is 0.123 e. The number of methoxy groups -OCH3 is 1. The molecule has 2 aromatic carbocycles. The second kappa shape index (κ2) is 6.39. The van der Waals surface area contributed by atoms with Crippen LogP contribution < -0.4 is 4.74 Å². The van der Waals surface area contributed by atoms with Gasteiger partial charge in [0.2, 0.25) is 0 Å². The molecule has 0 N–H and O–H groups in total. The highest BCUT2D eigenvalue weighted by Gasteiger charge is 2.07. The molecule has 0 radical (unpaired) electrons. The zero-order valence-electron chi connectivity index (χ0n) is 11.9. The average molecular weight is 255 g/mol. The van der Waals surface area contributed by atoms with Crippen molar-refractivity contribution < 1.29 is 4.74 Å². The van der Waals surface area contributed by atoms with Crippen LogP contribution in [-0.4, -0.2) is 19.1 Å². The van der Waals surface area contributed by atoms with E-state index in [9.17, 15) is 0 Å². The van der Waals surface area contributed by atoms with E-state index in [2.05, 4.69) is 55.3 Å². The monoisotopic (exact) mass is 255 g/mol. The standard InChI is InChI=1S/C17H21NO/c1-14-8-4-5-9-15(14)12-18(2)13-16-10-6-7-11-17(16)19-3/h4-11H,12-13H2,1-3H3. The van der Waals surface area contributed by atoms with E-state index in [1.165, 1.54) is 16.7 Å². The first kappa shape index (κ1) is 13.6. The van der Waals surface area contributed by atoms with E-state index in [4.69, 9.17) is 4.74 Å². The van der Waals surface area contributed by atoms with Crippen LogP contribution in [0.3, 0.4) is 0 Å². The molecule has 2 heteroatoms. The summed E-state index contributed by atoms with van der Waals surface area (Å²) in [4.78, 5) is 2.31. The Balaban J connectivity index is 2.05. The van der Waals surface area contributed by atoms with Crippen LogP contribution in [0.15, 0.2) is 48.5 Å². The van der Waals surface area contributed by atoms with Gasteiger partial charge in [0.15, 0.2) is 0 Å². The molecule has 0 atom stereocenters. The number of hydrogen-bond donors (Lipinski definition) is 0. The molecule has 2 rings (SSSR count). The number of hydrogen-bond acceptors (Lipinski definition) is 2. The summed E-state index contributed by atoms with van der Waals surface area (Å²) in [5, 5.41) is 0. The van der Waals surface area contributed by atoms with Crippen molar-refractivity contribution in [3.8, 4) is 5.75 Å². The second-order valence-corrected chi connectivity index (χ2v) is 4.91. The van der Waals surface area contributed by atoms with Crippen molar-refractivity contribution in [2.24, 2.45) is 0 Å². The lowest BCUT2D eigenvalue weighted by Gasteiger charge is -2.19. The minimum atomic E-state index is 0.887. The van der Waals surface area contributed by atoms with Crippen molar-refractivity contribution in [3.05, 3.63) is 65.2 Å². The molecule has 0 aliphatic rings. The number of benzene rings is 2. The van der Waals surface area contributed by atoms with Gasteiger partial charge in [-0.3, -0.25) is 4.90 Å². The van der Waals surface area contributed by atoms with Crippen molar-refractivity contribution in [1.82, 2.24) is 4.90 Å². The highest BCUT2D eigenvalue weighted by molar-refractivity contribution is 5.33. The summed E-state index contributed by atoms with van der Waals surface area (Å²) in [6.45, 7) is 4.00.